The molecule has 0 heterocycles. The molecule has 0 aliphatic carbocycles. The van der Waals surface area contributed by atoms with E-state index in [0.29, 0.717) is 0 Å². The molecule has 3 nitrogen and oxygen atoms in total. The molecule has 2 atom stereocenters. The van der Waals surface area contributed by atoms with Gasteiger partial charge in [-0.1, -0.05) is 0 Å². The van der Waals surface area contributed by atoms with Crippen LogP contribution in [0, 0.1) is 5.92 Å². The standard InChI is InChI=1S/C9H18O3/c1-6(8(10)11)7(2)12-9(3,4)5/h6-7H,1-5H3,(H,10,11)/t6?,7-/m1/s1. The van der Waals surface area contributed by atoms with Gasteiger partial charge in [-0.05, 0) is 34.6 Å². The summed E-state index contributed by atoms with van der Waals surface area (Å²) in [4.78, 5) is 10.5. The van der Waals surface area contributed by atoms with Crippen molar-refractivity contribution < 1.29 is 14.6 Å². The molecule has 0 saturated carbocycles. The minimum atomic E-state index is -0.813. The van der Waals surface area contributed by atoms with Crippen molar-refractivity contribution >= 4 is 5.97 Å². The van der Waals surface area contributed by atoms with E-state index in [1.807, 2.05) is 20.8 Å². The third-order valence-electron chi connectivity index (χ3n) is 1.63. The van der Waals surface area contributed by atoms with Crippen molar-refractivity contribution in [3.8, 4) is 0 Å². The van der Waals surface area contributed by atoms with E-state index in [4.69, 9.17) is 9.84 Å². The molecule has 12 heavy (non-hydrogen) atoms. The van der Waals surface area contributed by atoms with Crippen LogP contribution in [-0.2, 0) is 9.53 Å². The lowest BCUT2D eigenvalue weighted by molar-refractivity contribution is -0.150. The van der Waals surface area contributed by atoms with Gasteiger partial charge in [-0.3, -0.25) is 4.79 Å². The molecule has 1 unspecified atom stereocenters. The van der Waals surface area contributed by atoms with Crippen LogP contribution in [0.5, 0.6) is 0 Å². The van der Waals surface area contributed by atoms with Gasteiger partial charge in [0.25, 0.3) is 0 Å². The first-order valence-corrected chi connectivity index (χ1v) is 4.14. The van der Waals surface area contributed by atoms with Gasteiger partial charge in [-0.2, -0.15) is 0 Å². The van der Waals surface area contributed by atoms with Crippen molar-refractivity contribution in [1.29, 1.82) is 0 Å². The average Bonchev–Trinajstić information content (AvgIpc) is 1.82. The van der Waals surface area contributed by atoms with Crippen LogP contribution < -0.4 is 0 Å². The van der Waals surface area contributed by atoms with E-state index in [-0.39, 0.29) is 11.7 Å². The lowest BCUT2D eigenvalue weighted by Crippen LogP contribution is -2.33. The Morgan fingerprint density at radius 3 is 2.00 bits per heavy atom. The first kappa shape index (κ1) is 11.4. The molecule has 0 aromatic carbocycles. The number of carbonyl (C=O) groups is 1. The number of rotatable bonds is 3. The van der Waals surface area contributed by atoms with Gasteiger partial charge in [0, 0.05) is 0 Å². The predicted octanol–water partition coefficient (Wildman–Crippen LogP) is 1.91. The lowest BCUT2D eigenvalue weighted by Gasteiger charge is -2.27. The van der Waals surface area contributed by atoms with Gasteiger partial charge in [0.15, 0.2) is 0 Å². The highest BCUT2D eigenvalue weighted by Gasteiger charge is 2.24. The molecule has 0 aromatic rings. The second-order valence-corrected chi connectivity index (χ2v) is 4.06. The molecule has 0 saturated heterocycles. The Bertz CT molecular complexity index is 158. The van der Waals surface area contributed by atoms with Crippen molar-refractivity contribution in [1.82, 2.24) is 0 Å². The van der Waals surface area contributed by atoms with Crippen LogP contribution in [0.4, 0.5) is 0 Å². The Balaban J connectivity index is 4.04. The maximum Gasteiger partial charge on any atom is 0.308 e. The van der Waals surface area contributed by atoms with E-state index < -0.39 is 11.9 Å². The minimum Gasteiger partial charge on any atom is -0.481 e. The Hall–Kier alpha value is -0.570. The Morgan fingerprint density at radius 2 is 1.75 bits per heavy atom. The topological polar surface area (TPSA) is 46.5 Å². The van der Waals surface area contributed by atoms with E-state index in [1.165, 1.54) is 0 Å². The molecule has 0 fully saturated rings. The zero-order chi connectivity index (χ0) is 9.94. The van der Waals surface area contributed by atoms with E-state index in [9.17, 15) is 4.79 Å². The lowest BCUT2D eigenvalue weighted by atomic mass is 10.1. The van der Waals surface area contributed by atoms with Gasteiger partial charge in [0.1, 0.15) is 0 Å². The largest absolute Gasteiger partial charge is 0.481 e. The fourth-order valence-corrected chi connectivity index (χ4v) is 0.861. The molecule has 0 radical (unpaired) electrons. The van der Waals surface area contributed by atoms with Crippen LogP contribution in [0.3, 0.4) is 0 Å². The third kappa shape index (κ3) is 4.34. The van der Waals surface area contributed by atoms with Crippen molar-refractivity contribution in [2.45, 2.75) is 46.3 Å². The van der Waals surface area contributed by atoms with E-state index in [2.05, 4.69) is 0 Å². The molecule has 1 N–H and O–H groups in total. The molecular weight excluding hydrogens is 156 g/mol. The van der Waals surface area contributed by atoms with Gasteiger partial charge < -0.3 is 9.84 Å². The fraction of sp³-hybridized carbons (Fsp3) is 0.889. The molecule has 0 aliphatic rings. The Labute approximate surface area is 73.7 Å². The number of hydrogen-bond donors (Lipinski definition) is 1. The van der Waals surface area contributed by atoms with Crippen LogP contribution >= 0.6 is 0 Å². The predicted molar refractivity (Wildman–Crippen MR) is 47.1 cm³/mol. The SMILES string of the molecule is CC(C(=O)O)[C@@H](C)OC(C)(C)C. The summed E-state index contributed by atoms with van der Waals surface area (Å²) in [6.07, 6.45) is -0.248. The van der Waals surface area contributed by atoms with Crippen molar-refractivity contribution in [2.75, 3.05) is 0 Å². The molecule has 0 aliphatic heterocycles. The number of carboxylic acid groups (broad SMARTS) is 1. The summed E-state index contributed by atoms with van der Waals surface area (Å²) in [5, 5.41) is 8.67. The average molecular weight is 174 g/mol. The molecule has 72 valence electrons. The van der Waals surface area contributed by atoms with Gasteiger partial charge in [0.2, 0.25) is 0 Å². The van der Waals surface area contributed by atoms with Gasteiger partial charge in [-0.25, -0.2) is 0 Å². The summed E-state index contributed by atoms with van der Waals surface area (Å²) in [5.41, 5.74) is -0.275. The quantitative estimate of drug-likeness (QED) is 0.711. The molecule has 0 amide bonds. The number of carboxylic acids is 1. The van der Waals surface area contributed by atoms with Crippen LogP contribution in [0.25, 0.3) is 0 Å². The van der Waals surface area contributed by atoms with Crippen LogP contribution in [0.15, 0.2) is 0 Å². The molecule has 3 heteroatoms. The molecule has 0 aromatic heterocycles. The second-order valence-electron chi connectivity index (χ2n) is 4.06. The zero-order valence-electron chi connectivity index (χ0n) is 8.42. The van der Waals surface area contributed by atoms with Gasteiger partial charge in [-0.15, -0.1) is 0 Å². The summed E-state index contributed by atoms with van der Waals surface area (Å²) in [5.74, 6) is -1.27. The van der Waals surface area contributed by atoms with Gasteiger partial charge >= 0.3 is 5.97 Å². The zero-order valence-corrected chi connectivity index (χ0v) is 8.42. The highest BCUT2D eigenvalue weighted by Crippen LogP contribution is 2.16. The summed E-state index contributed by atoms with van der Waals surface area (Å²) >= 11 is 0. The van der Waals surface area contributed by atoms with Crippen LogP contribution in [0.1, 0.15) is 34.6 Å². The minimum absolute atomic E-state index is 0.248. The van der Waals surface area contributed by atoms with Gasteiger partial charge in [0.05, 0.1) is 17.6 Å². The molecule has 0 bridgehead atoms. The number of aliphatic carboxylic acids is 1. The molecule has 0 spiro atoms. The number of ether oxygens (including phenoxy) is 1. The highest BCUT2D eigenvalue weighted by molar-refractivity contribution is 5.70. The second kappa shape index (κ2) is 3.90. The monoisotopic (exact) mass is 174 g/mol. The Morgan fingerprint density at radius 1 is 1.33 bits per heavy atom. The summed E-state index contributed by atoms with van der Waals surface area (Å²) in [7, 11) is 0. The maximum atomic E-state index is 10.5. The molecule has 0 rings (SSSR count). The first-order valence-electron chi connectivity index (χ1n) is 4.14. The van der Waals surface area contributed by atoms with Crippen molar-refractivity contribution in [2.24, 2.45) is 5.92 Å². The third-order valence-corrected chi connectivity index (χ3v) is 1.63. The Kier molecular flexibility index (Phi) is 3.71. The smallest absolute Gasteiger partial charge is 0.308 e. The first-order chi connectivity index (χ1) is 5.24. The normalized spacial score (nSPS) is 17.1. The fourth-order valence-electron chi connectivity index (χ4n) is 0.861. The van der Waals surface area contributed by atoms with E-state index in [0.717, 1.165) is 0 Å². The van der Waals surface area contributed by atoms with Crippen LogP contribution in [-0.4, -0.2) is 22.8 Å². The summed E-state index contributed by atoms with van der Waals surface area (Å²) in [6.45, 7) is 9.18. The van der Waals surface area contributed by atoms with E-state index >= 15 is 0 Å². The van der Waals surface area contributed by atoms with E-state index in [1.54, 1.807) is 13.8 Å². The van der Waals surface area contributed by atoms with Crippen molar-refractivity contribution in [3.05, 3.63) is 0 Å². The molecular formula is C9H18O3. The van der Waals surface area contributed by atoms with Crippen LogP contribution in [0.2, 0.25) is 0 Å². The summed E-state index contributed by atoms with van der Waals surface area (Å²) < 4.78 is 5.48. The summed E-state index contributed by atoms with van der Waals surface area (Å²) in [6, 6.07) is 0. The number of hydrogen-bond acceptors (Lipinski definition) is 2. The maximum absolute atomic E-state index is 10.5. The van der Waals surface area contributed by atoms with Crippen molar-refractivity contribution in [3.63, 3.8) is 0 Å². The highest BCUT2D eigenvalue weighted by atomic mass is 16.5.